The minimum Gasteiger partial charge on any atom is -0.444 e. The fraction of sp³-hybridized carbons (Fsp3) is 0.500. The van der Waals surface area contributed by atoms with Gasteiger partial charge >= 0.3 is 6.09 Å². The number of halogens is 1. The number of rotatable bonds is 4. The largest absolute Gasteiger partial charge is 0.444 e. The minimum atomic E-state index is -1.37. The molecule has 0 bridgehead atoms. The molecule has 0 saturated heterocycles. The van der Waals surface area contributed by atoms with Gasteiger partial charge in [0.05, 0.1) is 5.69 Å². The molecule has 1 aromatic rings. The molecule has 6 heteroatoms. The first-order valence-electron chi connectivity index (χ1n) is 6.93. The average molecular weight is 310 g/mol. The normalized spacial score (nSPS) is 14.0. The van der Waals surface area contributed by atoms with E-state index < -0.39 is 23.1 Å². The molecular weight excluding hydrogens is 287 g/mol. The number of hydrogen-bond acceptors (Lipinski definition) is 4. The van der Waals surface area contributed by atoms with Gasteiger partial charge in [0.1, 0.15) is 23.2 Å². The number of aldehydes is 1. The van der Waals surface area contributed by atoms with Crippen molar-refractivity contribution in [2.24, 2.45) is 0 Å². The van der Waals surface area contributed by atoms with E-state index in [1.807, 2.05) is 0 Å². The van der Waals surface area contributed by atoms with E-state index in [-0.39, 0.29) is 0 Å². The van der Waals surface area contributed by atoms with Gasteiger partial charge in [0, 0.05) is 14.1 Å². The van der Waals surface area contributed by atoms with Crippen LogP contribution in [0.4, 0.5) is 14.9 Å². The summed E-state index contributed by atoms with van der Waals surface area (Å²) < 4.78 is 19.2. The quantitative estimate of drug-likeness (QED) is 0.869. The van der Waals surface area contributed by atoms with Crippen LogP contribution in [-0.2, 0) is 15.1 Å². The van der Waals surface area contributed by atoms with Crippen LogP contribution in [0.15, 0.2) is 18.2 Å². The van der Waals surface area contributed by atoms with Crippen molar-refractivity contribution in [3.05, 3.63) is 29.6 Å². The topological polar surface area (TPSA) is 58.6 Å². The molecular formula is C16H23FN2O3. The number of amides is 1. The second-order valence-electron chi connectivity index (χ2n) is 6.51. The smallest absolute Gasteiger partial charge is 0.408 e. The Labute approximate surface area is 130 Å². The summed E-state index contributed by atoms with van der Waals surface area (Å²) in [5.41, 5.74) is -1.31. The molecule has 0 fully saturated rings. The number of carbonyl (C=O) groups excluding carboxylic acids is 2. The van der Waals surface area contributed by atoms with Crippen LogP contribution in [0.5, 0.6) is 0 Å². The third kappa shape index (κ3) is 4.44. The van der Waals surface area contributed by atoms with Crippen molar-refractivity contribution in [2.75, 3.05) is 19.0 Å². The molecule has 1 amide bonds. The van der Waals surface area contributed by atoms with Gasteiger partial charge in [-0.15, -0.1) is 0 Å². The number of nitrogens with one attached hydrogen (secondary N) is 1. The lowest BCUT2D eigenvalue weighted by atomic mass is 9.93. The summed E-state index contributed by atoms with van der Waals surface area (Å²) in [6.07, 6.45) is -0.180. The zero-order valence-electron chi connectivity index (χ0n) is 13.9. The summed E-state index contributed by atoms with van der Waals surface area (Å²) in [6.45, 7) is 6.65. The van der Waals surface area contributed by atoms with Crippen LogP contribution < -0.4 is 10.2 Å². The highest BCUT2D eigenvalue weighted by Crippen LogP contribution is 2.25. The van der Waals surface area contributed by atoms with E-state index in [9.17, 15) is 14.0 Å². The van der Waals surface area contributed by atoms with Gasteiger partial charge in [-0.25, -0.2) is 9.18 Å². The highest BCUT2D eigenvalue weighted by Gasteiger charge is 2.31. The fourth-order valence-corrected chi connectivity index (χ4v) is 1.88. The zero-order chi connectivity index (χ0) is 17.1. The lowest BCUT2D eigenvalue weighted by molar-refractivity contribution is -0.113. The van der Waals surface area contributed by atoms with Crippen LogP contribution in [-0.4, -0.2) is 32.1 Å². The molecule has 122 valence electrons. The van der Waals surface area contributed by atoms with Gasteiger partial charge in [0.25, 0.3) is 0 Å². The molecule has 0 aromatic heterocycles. The summed E-state index contributed by atoms with van der Waals surface area (Å²) >= 11 is 0. The van der Waals surface area contributed by atoms with Gasteiger partial charge < -0.3 is 19.7 Å². The predicted octanol–water partition coefficient (Wildman–Crippen LogP) is 2.83. The third-order valence-corrected chi connectivity index (χ3v) is 3.03. The molecule has 0 saturated carbocycles. The van der Waals surface area contributed by atoms with Crippen LogP contribution in [0, 0.1) is 5.82 Å². The Hall–Kier alpha value is -2.11. The minimum absolute atomic E-state index is 0.344. The molecule has 1 unspecified atom stereocenters. The summed E-state index contributed by atoms with van der Waals surface area (Å²) in [7, 11) is 3.44. The molecule has 0 heterocycles. The number of anilines is 1. The van der Waals surface area contributed by atoms with E-state index in [0.717, 1.165) is 0 Å². The van der Waals surface area contributed by atoms with Crippen molar-refractivity contribution in [3.63, 3.8) is 0 Å². The standard InChI is InChI=1S/C16H23FN2O3/c1-15(2,3)22-14(21)18-16(4,10-20)11-7-8-13(19(5)6)12(17)9-11/h7-10H,1-6H3,(H,18,21). The third-order valence-electron chi connectivity index (χ3n) is 3.03. The summed E-state index contributed by atoms with van der Waals surface area (Å²) in [5, 5.41) is 2.48. The highest BCUT2D eigenvalue weighted by atomic mass is 19.1. The number of carbonyl (C=O) groups is 2. The maximum Gasteiger partial charge on any atom is 0.408 e. The molecule has 5 nitrogen and oxygen atoms in total. The number of benzene rings is 1. The molecule has 1 rings (SSSR count). The van der Waals surface area contributed by atoms with Crippen molar-refractivity contribution in [1.82, 2.24) is 5.32 Å². The summed E-state index contributed by atoms with van der Waals surface area (Å²) in [5.74, 6) is -0.471. The Bertz CT molecular complexity index is 567. The van der Waals surface area contributed by atoms with Gasteiger partial charge in [-0.3, -0.25) is 0 Å². The highest BCUT2D eigenvalue weighted by molar-refractivity contribution is 5.78. The molecule has 1 N–H and O–H groups in total. The van der Waals surface area contributed by atoms with E-state index in [0.29, 0.717) is 17.5 Å². The fourth-order valence-electron chi connectivity index (χ4n) is 1.88. The van der Waals surface area contributed by atoms with Crippen molar-refractivity contribution in [1.29, 1.82) is 0 Å². The lowest BCUT2D eigenvalue weighted by Crippen LogP contribution is -2.47. The number of nitrogens with zero attached hydrogens (tertiary/aromatic N) is 1. The van der Waals surface area contributed by atoms with Crippen LogP contribution >= 0.6 is 0 Å². The Morgan fingerprint density at radius 1 is 1.27 bits per heavy atom. The van der Waals surface area contributed by atoms with Crippen molar-refractivity contribution in [3.8, 4) is 0 Å². The molecule has 1 aromatic carbocycles. The van der Waals surface area contributed by atoms with Gasteiger partial charge in [-0.05, 0) is 45.4 Å². The average Bonchev–Trinajstić information content (AvgIpc) is 2.35. The first-order chi connectivity index (χ1) is 9.98. The van der Waals surface area contributed by atoms with Gasteiger partial charge in [-0.1, -0.05) is 6.07 Å². The molecule has 0 aliphatic rings. The monoisotopic (exact) mass is 310 g/mol. The molecule has 0 spiro atoms. The Kier molecular flexibility index (Phi) is 5.17. The predicted molar refractivity (Wildman–Crippen MR) is 83.5 cm³/mol. The lowest BCUT2D eigenvalue weighted by Gasteiger charge is -2.28. The molecule has 1 atom stereocenters. The number of alkyl carbamates (subject to hydrolysis) is 1. The van der Waals surface area contributed by atoms with E-state index in [2.05, 4.69) is 5.32 Å². The second-order valence-corrected chi connectivity index (χ2v) is 6.51. The molecule has 0 aliphatic carbocycles. The zero-order valence-corrected chi connectivity index (χ0v) is 13.9. The van der Waals surface area contributed by atoms with Crippen LogP contribution in [0.3, 0.4) is 0 Å². The first kappa shape index (κ1) is 17.9. The van der Waals surface area contributed by atoms with E-state index in [1.165, 1.54) is 13.0 Å². The van der Waals surface area contributed by atoms with E-state index in [1.54, 1.807) is 51.9 Å². The maximum atomic E-state index is 14.1. The SMILES string of the molecule is CN(C)c1ccc(C(C)(C=O)NC(=O)OC(C)(C)C)cc1F. The van der Waals surface area contributed by atoms with Crippen molar-refractivity contribution >= 4 is 18.1 Å². The van der Waals surface area contributed by atoms with Crippen molar-refractivity contribution in [2.45, 2.75) is 38.8 Å². The Morgan fingerprint density at radius 2 is 1.86 bits per heavy atom. The van der Waals surface area contributed by atoms with Gasteiger partial charge in [-0.2, -0.15) is 0 Å². The van der Waals surface area contributed by atoms with Crippen molar-refractivity contribution < 1.29 is 18.7 Å². The molecule has 0 aliphatic heterocycles. The second kappa shape index (κ2) is 6.34. The number of hydrogen-bond donors (Lipinski definition) is 1. The Balaban J connectivity index is 3.06. The molecule has 22 heavy (non-hydrogen) atoms. The van der Waals surface area contributed by atoms with Gasteiger partial charge in [0.15, 0.2) is 0 Å². The Morgan fingerprint density at radius 3 is 2.27 bits per heavy atom. The summed E-state index contributed by atoms with van der Waals surface area (Å²) in [6, 6.07) is 4.40. The van der Waals surface area contributed by atoms with Crippen LogP contribution in [0.1, 0.15) is 33.3 Å². The van der Waals surface area contributed by atoms with E-state index in [4.69, 9.17) is 4.74 Å². The molecule has 0 radical (unpaired) electrons. The maximum absolute atomic E-state index is 14.1. The van der Waals surface area contributed by atoms with Crippen LogP contribution in [0.25, 0.3) is 0 Å². The van der Waals surface area contributed by atoms with Gasteiger partial charge in [0.2, 0.25) is 0 Å². The van der Waals surface area contributed by atoms with E-state index >= 15 is 0 Å². The number of ether oxygens (including phenoxy) is 1. The summed E-state index contributed by atoms with van der Waals surface area (Å²) in [4.78, 5) is 25.0. The van der Waals surface area contributed by atoms with Crippen LogP contribution in [0.2, 0.25) is 0 Å². The first-order valence-corrected chi connectivity index (χ1v) is 6.93.